The molecule has 2 aromatic rings. The molecule has 3 rings (SSSR count). The number of carbonyl (C=O) groups excluding carboxylic acids is 1. The van der Waals surface area contributed by atoms with Crippen LogP contribution in [0.4, 0.5) is 4.79 Å². The van der Waals surface area contributed by atoms with Gasteiger partial charge in [-0.1, -0.05) is 42.5 Å². The molecule has 1 heterocycles. The van der Waals surface area contributed by atoms with E-state index in [9.17, 15) is 4.79 Å². The minimum Gasteiger partial charge on any atom is -0.497 e. The number of rotatable bonds is 7. The summed E-state index contributed by atoms with van der Waals surface area (Å²) in [5.74, 6) is 0.789. The highest BCUT2D eigenvalue weighted by molar-refractivity contribution is 5.75. The molecule has 1 fully saturated rings. The fraction of sp³-hybridized carbons (Fsp3) is 0.435. The minimum atomic E-state index is -0.242. The lowest BCUT2D eigenvalue weighted by Gasteiger charge is -2.40. The molecule has 1 atom stereocenters. The van der Waals surface area contributed by atoms with Crippen molar-refractivity contribution in [1.29, 1.82) is 0 Å². The van der Waals surface area contributed by atoms with Crippen LogP contribution in [0.2, 0.25) is 0 Å². The SMILES string of the molecule is COc1ccc(C(NC(=O)NCC(C)(C)N2CCOCC2)c2ccccc2)cc1. The number of carbonyl (C=O) groups is 1. The molecule has 1 saturated heterocycles. The first kappa shape index (κ1) is 21.1. The first-order chi connectivity index (χ1) is 14.0. The lowest BCUT2D eigenvalue weighted by atomic mass is 9.98. The number of hydrogen-bond donors (Lipinski definition) is 2. The Hall–Kier alpha value is -2.57. The van der Waals surface area contributed by atoms with Crippen LogP contribution >= 0.6 is 0 Å². The Bertz CT molecular complexity index is 772. The number of urea groups is 1. The molecule has 156 valence electrons. The Balaban J connectivity index is 1.67. The zero-order valence-electron chi connectivity index (χ0n) is 17.5. The van der Waals surface area contributed by atoms with Gasteiger partial charge >= 0.3 is 6.03 Å². The van der Waals surface area contributed by atoms with E-state index in [1.165, 1.54) is 0 Å². The van der Waals surface area contributed by atoms with E-state index in [1.54, 1.807) is 7.11 Å². The average Bonchev–Trinajstić information content (AvgIpc) is 2.77. The van der Waals surface area contributed by atoms with Gasteiger partial charge in [0.2, 0.25) is 0 Å². The highest BCUT2D eigenvalue weighted by Crippen LogP contribution is 2.24. The quantitative estimate of drug-likeness (QED) is 0.753. The number of hydrogen-bond acceptors (Lipinski definition) is 4. The van der Waals surface area contributed by atoms with Gasteiger partial charge in [0.05, 0.1) is 26.4 Å². The van der Waals surface area contributed by atoms with E-state index in [-0.39, 0.29) is 17.6 Å². The summed E-state index contributed by atoms with van der Waals surface area (Å²) in [6.07, 6.45) is 0. The van der Waals surface area contributed by atoms with Crippen LogP contribution in [0.1, 0.15) is 31.0 Å². The summed E-state index contributed by atoms with van der Waals surface area (Å²) in [5, 5.41) is 6.18. The van der Waals surface area contributed by atoms with Gasteiger partial charge in [0.15, 0.2) is 0 Å². The van der Waals surface area contributed by atoms with Crippen molar-refractivity contribution in [2.45, 2.75) is 25.4 Å². The molecule has 2 amide bonds. The number of morpholine rings is 1. The number of benzene rings is 2. The van der Waals surface area contributed by atoms with Gasteiger partial charge in [-0.25, -0.2) is 4.79 Å². The van der Waals surface area contributed by atoms with E-state index >= 15 is 0 Å². The van der Waals surface area contributed by atoms with Crippen LogP contribution in [0, 0.1) is 0 Å². The first-order valence-electron chi connectivity index (χ1n) is 10.1. The Morgan fingerprint density at radius 2 is 1.69 bits per heavy atom. The normalized spacial score (nSPS) is 16.1. The summed E-state index contributed by atoms with van der Waals surface area (Å²) < 4.78 is 10.7. The molecule has 6 nitrogen and oxygen atoms in total. The van der Waals surface area contributed by atoms with Crippen molar-refractivity contribution in [1.82, 2.24) is 15.5 Å². The standard InChI is InChI=1S/C23H31N3O3/c1-23(2,26-13-15-29-16-14-26)17-24-22(27)25-21(18-7-5-4-6-8-18)19-9-11-20(28-3)12-10-19/h4-12,21H,13-17H2,1-3H3,(H2,24,25,27). The van der Waals surface area contributed by atoms with Crippen molar-refractivity contribution in [2.75, 3.05) is 40.0 Å². The maximum absolute atomic E-state index is 12.8. The summed E-state index contributed by atoms with van der Waals surface area (Å²) in [6.45, 7) is 8.10. The van der Waals surface area contributed by atoms with E-state index < -0.39 is 0 Å². The molecule has 6 heteroatoms. The second-order valence-electron chi connectivity index (χ2n) is 7.86. The third-order valence-corrected chi connectivity index (χ3v) is 5.41. The maximum atomic E-state index is 12.8. The Labute approximate surface area is 173 Å². The smallest absolute Gasteiger partial charge is 0.315 e. The highest BCUT2D eigenvalue weighted by atomic mass is 16.5. The van der Waals surface area contributed by atoms with Crippen LogP contribution in [-0.4, -0.2) is 56.4 Å². The summed E-state index contributed by atoms with van der Waals surface area (Å²) in [6, 6.07) is 17.3. The van der Waals surface area contributed by atoms with Crippen molar-refractivity contribution in [3.63, 3.8) is 0 Å². The molecule has 1 unspecified atom stereocenters. The molecule has 2 N–H and O–H groups in total. The number of nitrogens with one attached hydrogen (secondary N) is 2. The molecule has 0 saturated carbocycles. The van der Waals surface area contributed by atoms with Crippen LogP contribution < -0.4 is 15.4 Å². The first-order valence-corrected chi connectivity index (χ1v) is 10.1. The second-order valence-corrected chi connectivity index (χ2v) is 7.86. The van der Waals surface area contributed by atoms with Crippen LogP contribution in [0.3, 0.4) is 0 Å². The van der Waals surface area contributed by atoms with Crippen molar-refractivity contribution in [3.05, 3.63) is 65.7 Å². The average molecular weight is 398 g/mol. The van der Waals surface area contributed by atoms with Gasteiger partial charge in [-0.05, 0) is 37.1 Å². The van der Waals surface area contributed by atoms with Gasteiger partial charge in [0.1, 0.15) is 5.75 Å². The third kappa shape index (κ3) is 5.71. The van der Waals surface area contributed by atoms with Gasteiger partial charge in [0.25, 0.3) is 0 Å². The van der Waals surface area contributed by atoms with E-state index in [0.29, 0.717) is 6.54 Å². The molecular formula is C23H31N3O3. The van der Waals surface area contributed by atoms with Gasteiger partial charge in [-0.15, -0.1) is 0 Å². The fourth-order valence-corrected chi connectivity index (χ4v) is 3.56. The number of amides is 2. The van der Waals surface area contributed by atoms with Gasteiger partial charge in [0, 0.05) is 25.2 Å². The van der Waals surface area contributed by atoms with Crippen molar-refractivity contribution in [2.24, 2.45) is 0 Å². The lowest BCUT2D eigenvalue weighted by Crippen LogP contribution is -2.56. The van der Waals surface area contributed by atoms with Crippen molar-refractivity contribution >= 4 is 6.03 Å². The molecule has 29 heavy (non-hydrogen) atoms. The molecule has 0 radical (unpaired) electrons. The van der Waals surface area contributed by atoms with Crippen LogP contribution in [-0.2, 0) is 4.74 Å². The Morgan fingerprint density at radius 3 is 2.31 bits per heavy atom. The number of methoxy groups -OCH3 is 1. The molecule has 0 spiro atoms. The molecule has 0 bridgehead atoms. The van der Waals surface area contributed by atoms with Gasteiger partial charge < -0.3 is 20.1 Å². The number of ether oxygens (including phenoxy) is 2. The van der Waals surface area contributed by atoms with Gasteiger partial charge in [-0.2, -0.15) is 0 Å². The molecule has 1 aliphatic heterocycles. The van der Waals surface area contributed by atoms with Crippen LogP contribution in [0.15, 0.2) is 54.6 Å². The Kier molecular flexibility index (Phi) is 7.12. The fourth-order valence-electron chi connectivity index (χ4n) is 3.56. The summed E-state index contributed by atoms with van der Waals surface area (Å²) >= 11 is 0. The largest absolute Gasteiger partial charge is 0.497 e. The van der Waals surface area contributed by atoms with Crippen LogP contribution in [0.25, 0.3) is 0 Å². The third-order valence-electron chi connectivity index (χ3n) is 5.41. The second kappa shape index (κ2) is 9.76. The maximum Gasteiger partial charge on any atom is 0.315 e. The lowest BCUT2D eigenvalue weighted by molar-refractivity contribution is -0.00875. The van der Waals surface area contributed by atoms with E-state index in [1.807, 2.05) is 54.6 Å². The molecule has 0 aromatic heterocycles. The summed E-state index contributed by atoms with van der Waals surface area (Å²) in [5.41, 5.74) is 1.89. The monoisotopic (exact) mass is 397 g/mol. The van der Waals surface area contributed by atoms with Crippen LogP contribution in [0.5, 0.6) is 5.75 Å². The minimum absolute atomic E-state index is 0.135. The predicted molar refractivity (Wildman–Crippen MR) is 114 cm³/mol. The van der Waals surface area contributed by atoms with Crippen molar-refractivity contribution < 1.29 is 14.3 Å². The zero-order valence-corrected chi connectivity index (χ0v) is 17.5. The Morgan fingerprint density at radius 1 is 1.07 bits per heavy atom. The zero-order chi connectivity index (χ0) is 20.7. The topological polar surface area (TPSA) is 62.8 Å². The van der Waals surface area contributed by atoms with E-state index in [4.69, 9.17) is 9.47 Å². The van der Waals surface area contributed by atoms with E-state index in [0.717, 1.165) is 43.2 Å². The van der Waals surface area contributed by atoms with Gasteiger partial charge in [-0.3, -0.25) is 4.90 Å². The molecular weight excluding hydrogens is 366 g/mol. The molecule has 1 aliphatic rings. The molecule has 0 aliphatic carbocycles. The predicted octanol–water partition coefficient (Wildman–Crippen LogP) is 3.19. The highest BCUT2D eigenvalue weighted by Gasteiger charge is 2.29. The summed E-state index contributed by atoms with van der Waals surface area (Å²) in [4.78, 5) is 15.1. The van der Waals surface area contributed by atoms with Crippen molar-refractivity contribution in [3.8, 4) is 5.75 Å². The number of nitrogens with zero attached hydrogens (tertiary/aromatic N) is 1. The molecule has 2 aromatic carbocycles. The van der Waals surface area contributed by atoms with E-state index in [2.05, 4.69) is 29.4 Å². The summed E-state index contributed by atoms with van der Waals surface area (Å²) in [7, 11) is 1.64.